The lowest BCUT2D eigenvalue weighted by Gasteiger charge is -2.20. The highest BCUT2D eigenvalue weighted by atomic mass is 16.5. The van der Waals surface area contributed by atoms with Gasteiger partial charge in [-0.3, -0.25) is 0 Å². The zero-order valence-corrected chi connectivity index (χ0v) is 13.0. The van der Waals surface area contributed by atoms with Gasteiger partial charge < -0.3 is 4.74 Å². The predicted molar refractivity (Wildman–Crippen MR) is 85.7 cm³/mol. The van der Waals surface area contributed by atoms with Crippen LogP contribution in [0.5, 0.6) is 0 Å². The molecular weight excluding hydrogens is 262 g/mol. The van der Waals surface area contributed by atoms with Crippen LogP contribution in [0.3, 0.4) is 0 Å². The van der Waals surface area contributed by atoms with E-state index >= 15 is 0 Å². The highest BCUT2D eigenvalue weighted by Gasteiger charge is 2.16. The van der Waals surface area contributed by atoms with E-state index in [0.29, 0.717) is 12.5 Å². The van der Waals surface area contributed by atoms with Crippen molar-refractivity contribution in [1.82, 2.24) is 0 Å². The summed E-state index contributed by atoms with van der Waals surface area (Å²) < 4.78 is 5.36. The van der Waals surface area contributed by atoms with Crippen molar-refractivity contribution in [2.24, 2.45) is 16.8 Å². The Morgan fingerprint density at radius 1 is 1.19 bits per heavy atom. The lowest BCUT2D eigenvalue weighted by Crippen LogP contribution is -2.17. The average molecular weight is 287 g/mol. The molecule has 21 heavy (non-hydrogen) atoms. The van der Waals surface area contributed by atoms with E-state index in [9.17, 15) is 4.79 Å². The molecular formula is C18H25NO2. The summed E-state index contributed by atoms with van der Waals surface area (Å²) in [6.45, 7) is 4.60. The van der Waals surface area contributed by atoms with Crippen molar-refractivity contribution < 1.29 is 9.53 Å². The normalized spacial score (nSPS) is 17.0. The van der Waals surface area contributed by atoms with Gasteiger partial charge in [0.25, 0.3) is 0 Å². The number of benzene rings is 1. The molecule has 114 valence electrons. The minimum absolute atomic E-state index is 0.189. The van der Waals surface area contributed by atoms with E-state index in [1.54, 1.807) is 0 Å². The zero-order chi connectivity index (χ0) is 15.1. The highest BCUT2D eigenvalue weighted by molar-refractivity contribution is 6.06. The number of carbonyl (C=O) groups is 1. The second-order valence-electron chi connectivity index (χ2n) is 6.10. The Morgan fingerprint density at radius 3 is 2.48 bits per heavy atom. The number of nitrogens with zero attached hydrogens (tertiary/aromatic N) is 1. The Bertz CT molecular complexity index is 473. The molecule has 0 atom stereocenters. The Kier molecular flexibility index (Phi) is 5.97. The Labute approximate surface area is 127 Å². The third-order valence-electron chi connectivity index (χ3n) is 4.00. The molecule has 0 aromatic heterocycles. The van der Waals surface area contributed by atoms with Crippen molar-refractivity contribution in [2.45, 2.75) is 46.0 Å². The fourth-order valence-corrected chi connectivity index (χ4v) is 2.81. The van der Waals surface area contributed by atoms with E-state index < -0.39 is 6.09 Å². The molecule has 1 aromatic rings. The van der Waals surface area contributed by atoms with Gasteiger partial charge in [-0.25, -0.2) is 4.79 Å². The van der Waals surface area contributed by atoms with E-state index in [1.807, 2.05) is 44.2 Å². The quantitative estimate of drug-likeness (QED) is 0.743. The van der Waals surface area contributed by atoms with Gasteiger partial charge in [-0.2, -0.15) is 4.99 Å². The van der Waals surface area contributed by atoms with E-state index in [4.69, 9.17) is 4.74 Å². The number of aliphatic imine (C=N–C) groups is 1. The smallest absolute Gasteiger partial charge is 0.433 e. The van der Waals surface area contributed by atoms with Gasteiger partial charge >= 0.3 is 6.09 Å². The molecule has 0 radical (unpaired) electrons. The Morgan fingerprint density at radius 2 is 1.86 bits per heavy atom. The topological polar surface area (TPSA) is 38.7 Å². The molecule has 3 heteroatoms. The van der Waals surface area contributed by atoms with E-state index in [2.05, 4.69) is 4.99 Å². The Hall–Kier alpha value is -1.64. The number of amides is 1. The van der Waals surface area contributed by atoms with Crippen LogP contribution in [0, 0.1) is 11.8 Å². The largest absolute Gasteiger partial charge is 0.448 e. The first-order valence-corrected chi connectivity index (χ1v) is 7.97. The van der Waals surface area contributed by atoms with Gasteiger partial charge in [-0.05, 0) is 30.2 Å². The van der Waals surface area contributed by atoms with Crippen LogP contribution in [0.25, 0.3) is 0 Å². The van der Waals surface area contributed by atoms with Gasteiger partial charge in [0.05, 0.1) is 12.3 Å². The van der Waals surface area contributed by atoms with Crippen molar-refractivity contribution in [3.63, 3.8) is 0 Å². The summed E-state index contributed by atoms with van der Waals surface area (Å²) in [6, 6.07) is 9.84. The molecule has 0 saturated heterocycles. The minimum atomic E-state index is -0.451. The summed E-state index contributed by atoms with van der Waals surface area (Å²) >= 11 is 0. The van der Waals surface area contributed by atoms with Crippen LogP contribution in [0.1, 0.15) is 51.5 Å². The maximum Gasteiger partial charge on any atom is 0.433 e. The van der Waals surface area contributed by atoms with Gasteiger partial charge in [0.2, 0.25) is 0 Å². The molecule has 0 unspecified atom stereocenters. The molecule has 1 aliphatic rings. The summed E-state index contributed by atoms with van der Waals surface area (Å²) in [5.74, 6) is 0.715. The summed E-state index contributed by atoms with van der Waals surface area (Å²) in [6.07, 6.45) is 5.72. The second-order valence-corrected chi connectivity index (χ2v) is 6.10. The third kappa shape index (κ3) is 5.00. The van der Waals surface area contributed by atoms with Gasteiger partial charge in [0.1, 0.15) is 0 Å². The maximum atomic E-state index is 12.0. The van der Waals surface area contributed by atoms with Gasteiger partial charge in [-0.15, -0.1) is 0 Å². The minimum Gasteiger partial charge on any atom is -0.448 e. The molecule has 1 aliphatic carbocycles. The van der Waals surface area contributed by atoms with Crippen LogP contribution in [0.4, 0.5) is 4.79 Å². The molecule has 0 aliphatic heterocycles. The number of hydrogen-bond acceptors (Lipinski definition) is 2. The van der Waals surface area contributed by atoms with Crippen LogP contribution in [0.15, 0.2) is 35.3 Å². The molecule has 1 saturated carbocycles. The molecule has 1 amide bonds. The number of carbonyl (C=O) groups excluding carboxylic acids is 1. The van der Waals surface area contributed by atoms with E-state index in [-0.39, 0.29) is 5.92 Å². The lowest BCUT2D eigenvalue weighted by atomic mass is 9.90. The van der Waals surface area contributed by atoms with Gasteiger partial charge in [0, 0.05) is 0 Å². The zero-order valence-electron chi connectivity index (χ0n) is 13.0. The molecule has 3 nitrogen and oxygen atoms in total. The van der Waals surface area contributed by atoms with Gasteiger partial charge in [0.15, 0.2) is 0 Å². The van der Waals surface area contributed by atoms with Crippen molar-refractivity contribution in [3.05, 3.63) is 35.9 Å². The molecule has 1 fully saturated rings. The fourth-order valence-electron chi connectivity index (χ4n) is 2.81. The molecule has 0 heterocycles. The monoisotopic (exact) mass is 287 g/mol. The fraction of sp³-hybridized carbons (Fsp3) is 0.556. The number of ether oxygens (including phenoxy) is 1. The van der Waals surface area contributed by atoms with Crippen LogP contribution in [0.2, 0.25) is 0 Å². The lowest BCUT2D eigenvalue weighted by molar-refractivity contribution is 0.125. The number of hydrogen-bond donors (Lipinski definition) is 0. The average Bonchev–Trinajstić information content (AvgIpc) is 2.52. The van der Waals surface area contributed by atoms with Crippen LogP contribution >= 0.6 is 0 Å². The van der Waals surface area contributed by atoms with E-state index in [0.717, 1.165) is 11.3 Å². The first kappa shape index (κ1) is 15.7. The first-order valence-electron chi connectivity index (χ1n) is 7.97. The van der Waals surface area contributed by atoms with Crippen molar-refractivity contribution in [3.8, 4) is 0 Å². The van der Waals surface area contributed by atoms with E-state index in [1.165, 1.54) is 32.1 Å². The third-order valence-corrected chi connectivity index (χ3v) is 4.00. The molecule has 0 spiro atoms. The molecule has 1 aromatic carbocycles. The summed E-state index contributed by atoms with van der Waals surface area (Å²) in [5, 5.41) is 0. The standard InChI is InChI=1S/C18H25NO2/c1-14(2)17(16-11-7-4-8-12-16)19-18(20)21-13-15-9-5-3-6-10-15/h4,7-8,11-12,14-15H,3,5-6,9-10,13H2,1-2H3/b19-17-. The summed E-state index contributed by atoms with van der Waals surface area (Å²) in [5.41, 5.74) is 1.78. The Balaban J connectivity index is 1.96. The van der Waals surface area contributed by atoms with Gasteiger partial charge in [-0.1, -0.05) is 63.4 Å². The SMILES string of the molecule is CC(C)/C(=N/C(=O)OCC1CCCCC1)c1ccccc1. The second kappa shape index (κ2) is 7.96. The predicted octanol–water partition coefficient (Wildman–Crippen LogP) is 4.85. The van der Waals surface area contributed by atoms with Crippen LogP contribution in [-0.4, -0.2) is 18.4 Å². The summed E-state index contributed by atoms with van der Waals surface area (Å²) in [4.78, 5) is 16.2. The van der Waals surface area contributed by atoms with Crippen LogP contribution in [-0.2, 0) is 4.74 Å². The molecule has 0 N–H and O–H groups in total. The number of rotatable bonds is 4. The highest BCUT2D eigenvalue weighted by Crippen LogP contribution is 2.23. The van der Waals surface area contributed by atoms with Crippen molar-refractivity contribution >= 4 is 11.8 Å². The molecule has 0 bridgehead atoms. The summed E-state index contributed by atoms with van der Waals surface area (Å²) in [7, 11) is 0. The van der Waals surface area contributed by atoms with Crippen LogP contribution < -0.4 is 0 Å². The maximum absolute atomic E-state index is 12.0. The first-order chi connectivity index (χ1) is 10.2. The van der Waals surface area contributed by atoms with Crippen molar-refractivity contribution in [1.29, 1.82) is 0 Å². The molecule has 2 rings (SSSR count). The van der Waals surface area contributed by atoms with Crippen molar-refractivity contribution in [2.75, 3.05) is 6.61 Å².